The van der Waals surface area contributed by atoms with E-state index in [-0.39, 0.29) is 10.8 Å². The largest absolute Gasteiger partial charge is 0.378 e. The van der Waals surface area contributed by atoms with Crippen LogP contribution >= 0.6 is 15.9 Å². The maximum absolute atomic E-state index is 12.4. The molecule has 0 spiro atoms. The second-order valence-corrected chi connectivity index (χ2v) is 6.69. The molecule has 1 heterocycles. The molecule has 6 nitrogen and oxygen atoms in total. The molecule has 0 atom stereocenters. The normalized spacial score (nSPS) is 11.2. The first kappa shape index (κ1) is 14.7. The summed E-state index contributed by atoms with van der Waals surface area (Å²) < 4.78 is 27.5. The Morgan fingerprint density at radius 2 is 1.85 bits per heavy atom. The van der Waals surface area contributed by atoms with Crippen molar-refractivity contribution in [2.24, 2.45) is 0 Å². The Morgan fingerprint density at radius 1 is 1.20 bits per heavy atom. The van der Waals surface area contributed by atoms with Gasteiger partial charge in [-0.1, -0.05) is 0 Å². The van der Waals surface area contributed by atoms with Gasteiger partial charge in [-0.05, 0) is 40.2 Å². The van der Waals surface area contributed by atoms with E-state index in [2.05, 4.69) is 30.6 Å². The highest BCUT2D eigenvalue weighted by molar-refractivity contribution is 9.10. The molecular weight excluding hydrogens is 344 g/mol. The first-order chi connectivity index (χ1) is 9.40. The van der Waals surface area contributed by atoms with Crippen molar-refractivity contribution >= 4 is 37.6 Å². The number of hydrogen-bond donors (Lipinski definition) is 1. The Morgan fingerprint density at radius 3 is 2.45 bits per heavy atom. The number of anilines is 2. The molecule has 0 aliphatic heterocycles. The number of nitrogens with one attached hydrogen (secondary N) is 1. The molecule has 0 saturated carbocycles. The predicted molar refractivity (Wildman–Crippen MR) is 81.3 cm³/mol. The van der Waals surface area contributed by atoms with Gasteiger partial charge in [0.1, 0.15) is 4.90 Å². The minimum Gasteiger partial charge on any atom is -0.378 e. The monoisotopic (exact) mass is 356 g/mol. The molecule has 0 bridgehead atoms. The van der Waals surface area contributed by atoms with Gasteiger partial charge in [-0.3, -0.25) is 0 Å². The number of hydrogen-bond acceptors (Lipinski definition) is 5. The molecule has 0 aliphatic carbocycles. The van der Waals surface area contributed by atoms with Crippen LogP contribution in [0.1, 0.15) is 0 Å². The van der Waals surface area contributed by atoms with Crippen LogP contribution in [0.25, 0.3) is 0 Å². The Bertz CT molecular complexity index is 705. The lowest BCUT2D eigenvalue weighted by atomic mass is 10.3. The molecule has 2 aromatic rings. The van der Waals surface area contributed by atoms with Crippen molar-refractivity contribution in [1.29, 1.82) is 0 Å². The second-order valence-electron chi connectivity index (χ2n) is 4.19. The molecular formula is C12H13BrN4O2S. The first-order valence-electron chi connectivity index (χ1n) is 5.67. The molecule has 20 heavy (non-hydrogen) atoms. The summed E-state index contributed by atoms with van der Waals surface area (Å²) in [4.78, 5) is 9.66. The van der Waals surface area contributed by atoms with E-state index in [1.165, 1.54) is 12.4 Å². The maximum Gasteiger partial charge on any atom is 0.265 e. The van der Waals surface area contributed by atoms with Gasteiger partial charge in [0.05, 0.1) is 0 Å². The third kappa shape index (κ3) is 3.26. The standard InChI is InChI=1S/C12H13BrN4O2S/c1-17(2)9-4-5-10(13)11(8-9)20(18,19)16-12-14-6-3-7-15-12/h3-8H,1-2H3,(H,14,15,16). The molecule has 2 rings (SSSR count). The molecule has 8 heteroatoms. The van der Waals surface area contributed by atoms with Gasteiger partial charge < -0.3 is 4.90 Å². The molecule has 0 unspecified atom stereocenters. The molecule has 0 aliphatic rings. The van der Waals surface area contributed by atoms with Gasteiger partial charge in [-0.15, -0.1) is 0 Å². The molecule has 0 radical (unpaired) electrons. The zero-order valence-electron chi connectivity index (χ0n) is 10.9. The van der Waals surface area contributed by atoms with Gasteiger partial charge in [0, 0.05) is 36.6 Å². The van der Waals surface area contributed by atoms with Crippen LogP contribution in [0.4, 0.5) is 11.6 Å². The summed E-state index contributed by atoms with van der Waals surface area (Å²) in [5.74, 6) is 0.0367. The highest BCUT2D eigenvalue weighted by atomic mass is 79.9. The van der Waals surface area contributed by atoms with E-state index in [0.29, 0.717) is 4.47 Å². The predicted octanol–water partition coefficient (Wildman–Crippen LogP) is 2.11. The lowest BCUT2D eigenvalue weighted by Crippen LogP contribution is -2.16. The lowest BCUT2D eigenvalue weighted by Gasteiger charge is -2.15. The lowest BCUT2D eigenvalue weighted by molar-refractivity contribution is 0.600. The fourth-order valence-corrected chi connectivity index (χ4v) is 3.45. The van der Waals surface area contributed by atoms with Crippen LogP contribution in [0.15, 0.2) is 46.0 Å². The van der Waals surface area contributed by atoms with Crippen LogP contribution in [0.5, 0.6) is 0 Å². The zero-order chi connectivity index (χ0) is 14.8. The number of rotatable bonds is 4. The van der Waals surface area contributed by atoms with E-state index in [0.717, 1.165) is 5.69 Å². The van der Waals surface area contributed by atoms with Gasteiger partial charge in [-0.25, -0.2) is 23.1 Å². The Labute approximate surface area is 126 Å². The van der Waals surface area contributed by atoms with Gasteiger partial charge >= 0.3 is 0 Å². The van der Waals surface area contributed by atoms with E-state index < -0.39 is 10.0 Å². The summed E-state index contributed by atoms with van der Waals surface area (Å²) >= 11 is 3.25. The van der Waals surface area contributed by atoms with E-state index >= 15 is 0 Å². The van der Waals surface area contributed by atoms with E-state index in [4.69, 9.17) is 0 Å². The number of benzene rings is 1. The first-order valence-corrected chi connectivity index (χ1v) is 7.94. The van der Waals surface area contributed by atoms with Crippen LogP contribution in [0, 0.1) is 0 Å². The average Bonchev–Trinajstić information content (AvgIpc) is 2.39. The summed E-state index contributed by atoms with van der Waals surface area (Å²) in [5.41, 5.74) is 0.780. The van der Waals surface area contributed by atoms with Crippen molar-refractivity contribution in [3.05, 3.63) is 41.1 Å². The molecule has 0 fully saturated rings. The van der Waals surface area contributed by atoms with Gasteiger partial charge in [0.2, 0.25) is 5.95 Å². The average molecular weight is 357 g/mol. The zero-order valence-corrected chi connectivity index (χ0v) is 13.3. The smallest absolute Gasteiger partial charge is 0.265 e. The minimum atomic E-state index is -3.75. The second kappa shape index (κ2) is 5.76. The topological polar surface area (TPSA) is 75.2 Å². The fourth-order valence-electron chi connectivity index (χ4n) is 1.50. The summed E-state index contributed by atoms with van der Waals surface area (Å²) in [6.07, 6.45) is 2.94. The summed E-state index contributed by atoms with van der Waals surface area (Å²) in [5, 5.41) is 0. The van der Waals surface area contributed by atoms with Crippen molar-refractivity contribution in [2.45, 2.75) is 4.90 Å². The van der Waals surface area contributed by atoms with E-state index in [1.807, 2.05) is 25.1 Å². The Hall–Kier alpha value is -1.67. The highest BCUT2D eigenvalue weighted by Crippen LogP contribution is 2.27. The number of sulfonamides is 1. The Balaban J connectivity index is 2.41. The van der Waals surface area contributed by atoms with Crippen molar-refractivity contribution < 1.29 is 8.42 Å². The van der Waals surface area contributed by atoms with Crippen molar-refractivity contribution in [2.75, 3.05) is 23.7 Å². The number of halogens is 1. The third-order valence-corrected chi connectivity index (χ3v) is 4.83. The third-order valence-electron chi connectivity index (χ3n) is 2.51. The maximum atomic E-state index is 12.4. The molecule has 106 valence electrons. The minimum absolute atomic E-state index is 0.0367. The van der Waals surface area contributed by atoms with Crippen LogP contribution in [-0.4, -0.2) is 32.5 Å². The number of aromatic nitrogens is 2. The molecule has 0 amide bonds. The quantitative estimate of drug-likeness (QED) is 0.907. The van der Waals surface area contributed by atoms with Gasteiger partial charge in [0.15, 0.2) is 0 Å². The van der Waals surface area contributed by atoms with E-state index in [9.17, 15) is 8.42 Å². The van der Waals surface area contributed by atoms with Crippen LogP contribution in [-0.2, 0) is 10.0 Å². The van der Waals surface area contributed by atoms with Crippen molar-refractivity contribution in [1.82, 2.24) is 9.97 Å². The van der Waals surface area contributed by atoms with Gasteiger partial charge in [0.25, 0.3) is 10.0 Å². The van der Waals surface area contributed by atoms with Crippen LogP contribution in [0.2, 0.25) is 0 Å². The Kier molecular flexibility index (Phi) is 4.24. The summed E-state index contributed by atoms with van der Waals surface area (Å²) in [6, 6.07) is 6.70. The van der Waals surface area contributed by atoms with Crippen molar-refractivity contribution in [3.8, 4) is 0 Å². The highest BCUT2D eigenvalue weighted by Gasteiger charge is 2.19. The van der Waals surface area contributed by atoms with Crippen LogP contribution < -0.4 is 9.62 Å². The van der Waals surface area contributed by atoms with Crippen LogP contribution in [0.3, 0.4) is 0 Å². The SMILES string of the molecule is CN(C)c1ccc(Br)c(S(=O)(=O)Nc2ncccn2)c1. The van der Waals surface area contributed by atoms with E-state index in [1.54, 1.807) is 18.2 Å². The fraction of sp³-hybridized carbons (Fsp3) is 0.167. The molecule has 1 aromatic heterocycles. The van der Waals surface area contributed by atoms with Crippen molar-refractivity contribution in [3.63, 3.8) is 0 Å². The summed E-state index contributed by atoms with van der Waals surface area (Å²) in [6.45, 7) is 0. The molecule has 1 aromatic carbocycles. The molecule has 0 saturated heterocycles. The number of nitrogens with zero attached hydrogens (tertiary/aromatic N) is 3. The molecule has 1 N–H and O–H groups in total. The summed E-state index contributed by atoms with van der Waals surface area (Å²) in [7, 11) is -0.0673. The van der Waals surface area contributed by atoms with Gasteiger partial charge in [-0.2, -0.15) is 0 Å².